The third-order valence-corrected chi connectivity index (χ3v) is 3.44. The number of benzene rings is 2. The predicted octanol–water partition coefficient (Wildman–Crippen LogP) is 3.04. The van der Waals surface area contributed by atoms with Crippen LogP contribution in [-0.4, -0.2) is 22.8 Å². The van der Waals surface area contributed by atoms with Crippen molar-refractivity contribution in [3.8, 4) is 23.3 Å². The Kier molecular flexibility index (Phi) is 5.25. The second-order valence-corrected chi connectivity index (χ2v) is 5.43. The van der Waals surface area contributed by atoms with Crippen molar-refractivity contribution in [1.82, 2.24) is 10.2 Å². The van der Waals surface area contributed by atoms with Gasteiger partial charge in [-0.1, -0.05) is 29.8 Å². The molecule has 1 aromatic heterocycles. The first-order valence-electron chi connectivity index (χ1n) is 7.82. The molecule has 26 heavy (non-hydrogen) atoms. The Morgan fingerprint density at radius 2 is 2.04 bits per heavy atom. The van der Waals surface area contributed by atoms with Gasteiger partial charge < -0.3 is 13.9 Å². The topological polar surface area (TPSA) is 98.2 Å². The van der Waals surface area contributed by atoms with Crippen molar-refractivity contribution in [2.75, 3.05) is 6.61 Å². The molecule has 7 heteroatoms. The molecule has 0 aliphatic rings. The molecule has 0 N–H and O–H groups in total. The number of esters is 1. The van der Waals surface area contributed by atoms with E-state index in [9.17, 15) is 4.79 Å². The van der Waals surface area contributed by atoms with Gasteiger partial charge in [0.15, 0.2) is 13.2 Å². The molecule has 0 fully saturated rings. The molecule has 0 aliphatic heterocycles. The lowest BCUT2D eigenvalue weighted by atomic mass is 10.1. The molecule has 3 rings (SSSR count). The van der Waals surface area contributed by atoms with Crippen molar-refractivity contribution >= 4 is 5.97 Å². The summed E-state index contributed by atoms with van der Waals surface area (Å²) >= 11 is 0. The standard InChI is InChI=1S/C19H15N3O4/c1-13-5-4-7-14(9-13)19-22-21-17(26-19)11-25-18(23)12-24-16-8-3-2-6-15(16)10-20/h2-9H,11-12H2,1H3. The van der Waals surface area contributed by atoms with E-state index in [0.717, 1.165) is 11.1 Å². The van der Waals surface area contributed by atoms with Crippen LogP contribution in [0.2, 0.25) is 0 Å². The molecule has 0 unspecified atom stereocenters. The molecule has 7 nitrogen and oxygen atoms in total. The van der Waals surface area contributed by atoms with Crippen molar-refractivity contribution in [2.45, 2.75) is 13.5 Å². The molecule has 3 aromatic rings. The second-order valence-electron chi connectivity index (χ2n) is 5.43. The first kappa shape index (κ1) is 17.2. The number of nitrogens with zero attached hydrogens (tertiary/aromatic N) is 3. The minimum absolute atomic E-state index is 0.152. The molecule has 0 saturated heterocycles. The van der Waals surface area contributed by atoms with Crippen LogP contribution in [0.25, 0.3) is 11.5 Å². The van der Waals surface area contributed by atoms with E-state index in [1.165, 1.54) is 0 Å². The molecule has 0 radical (unpaired) electrons. The SMILES string of the molecule is Cc1cccc(-c2nnc(COC(=O)COc3ccccc3C#N)o2)c1. The van der Waals surface area contributed by atoms with Crippen LogP contribution in [0.5, 0.6) is 5.75 Å². The van der Waals surface area contributed by atoms with Crippen molar-refractivity contribution in [3.63, 3.8) is 0 Å². The van der Waals surface area contributed by atoms with E-state index in [2.05, 4.69) is 10.2 Å². The van der Waals surface area contributed by atoms with Crippen molar-refractivity contribution < 1.29 is 18.7 Å². The highest BCUT2D eigenvalue weighted by Gasteiger charge is 2.12. The van der Waals surface area contributed by atoms with Crippen LogP contribution in [0.4, 0.5) is 0 Å². The Balaban J connectivity index is 1.53. The second kappa shape index (κ2) is 7.94. The van der Waals surface area contributed by atoms with Gasteiger partial charge in [0.25, 0.3) is 5.89 Å². The molecule has 1 heterocycles. The summed E-state index contributed by atoms with van der Waals surface area (Å²) in [5, 5.41) is 16.8. The summed E-state index contributed by atoms with van der Waals surface area (Å²) in [7, 11) is 0. The monoisotopic (exact) mass is 349 g/mol. The lowest BCUT2D eigenvalue weighted by Gasteiger charge is -2.06. The fourth-order valence-electron chi connectivity index (χ4n) is 2.21. The van der Waals surface area contributed by atoms with Gasteiger partial charge in [-0.15, -0.1) is 10.2 Å². The maximum Gasteiger partial charge on any atom is 0.344 e. The number of rotatable bonds is 6. The zero-order chi connectivity index (χ0) is 18.4. The summed E-state index contributed by atoms with van der Waals surface area (Å²) in [5.41, 5.74) is 2.22. The fraction of sp³-hybridized carbons (Fsp3) is 0.158. The van der Waals surface area contributed by atoms with Crippen LogP contribution in [0.1, 0.15) is 17.0 Å². The minimum atomic E-state index is -0.604. The van der Waals surface area contributed by atoms with E-state index in [4.69, 9.17) is 19.2 Å². The Bertz CT molecular complexity index is 959. The Morgan fingerprint density at radius 1 is 1.19 bits per heavy atom. The highest BCUT2D eigenvalue weighted by molar-refractivity contribution is 5.71. The number of para-hydroxylation sites is 1. The molecule has 0 aliphatic carbocycles. The van der Waals surface area contributed by atoms with E-state index < -0.39 is 5.97 Å². The van der Waals surface area contributed by atoms with Gasteiger partial charge in [0.1, 0.15) is 11.8 Å². The molecule has 0 spiro atoms. The average Bonchev–Trinajstić information content (AvgIpc) is 3.14. The number of ether oxygens (including phenoxy) is 2. The van der Waals surface area contributed by atoms with Crippen LogP contribution in [-0.2, 0) is 16.1 Å². The fourth-order valence-corrected chi connectivity index (χ4v) is 2.21. The predicted molar refractivity (Wildman–Crippen MR) is 90.9 cm³/mol. The highest BCUT2D eigenvalue weighted by Crippen LogP contribution is 2.19. The summed E-state index contributed by atoms with van der Waals surface area (Å²) < 4.78 is 15.8. The van der Waals surface area contributed by atoms with Crippen LogP contribution in [0.15, 0.2) is 52.9 Å². The Labute approximate surface area is 149 Å². The number of hydrogen-bond donors (Lipinski definition) is 0. The third-order valence-electron chi connectivity index (χ3n) is 3.44. The smallest absolute Gasteiger partial charge is 0.344 e. The van der Waals surface area contributed by atoms with E-state index >= 15 is 0 Å². The average molecular weight is 349 g/mol. The zero-order valence-corrected chi connectivity index (χ0v) is 14.0. The van der Waals surface area contributed by atoms with Crippen LogP contribution in [0, 0.1) is 18.3 Å². The number of nitriles is 1. The maximum absolute atomic E-state index is 11.8. The van der Waals surface area contributed by atoms with Gasteiger partial charge in [0.05, 0.1) is 5.56 Å². The van der Waals surface area contributed by atoms with E-state index in [0.29, 0.717) is 17.2 Å². The maximum atomic E-state index is 11.8. The molecular formula is C19H15N3O4. The molecule has 0 amide bonds. The lowest BCUT2D eigenvalue weighted by Crippen LogP contribution is -2.15. The van der Waals surface area contributed by atoms with E-state index in [-0.39, 0.29) is 19.1 Å². The van der Waals surface area contributed by atoms with Gasteiger partial charge in [-0.3, -0.25) is 0 Å². The molecule has 2 aromatic carbocycles. The first-order chi connectivity index (χ1) is 12.7. The zero-order valence-electron chi connectivity index (χ0n) is 14.0. The number of aromatic nitrogens is 2. The molecule has 0 bridgehead atoms. The summed E-state index contributed by atoms with van der Waals surface area (Å²) in [6, 6.07) is 16.3. The molecule has 0 saturated carbocycles. The van der Waals surface area contributed by atoms with Crippen molar-refractivity contribution in [2.24, 2.45) is 0 Å². The largest absolute Gasteiger partial charge is 0.481 e. The van der Waals surface area contributed by atoms with E-state index in [1.807, 2.05) is 37.3 Å². The van der Waals surface area contributed by atoms with Gasteiger partial charge in [-0.05, 0) is 31.2 Å². The summed E-state index contributed by atoms with van der Waals surface area (Å²) in [4.78, 5) is 11.8. The summed E-state index contributed by atoms with van der Waals surface area (Å²) in [6.07, 6.45) is 0. The molecule has 130 valence electrons. The third kappa shape index (κ3) is 4.24. The van der Waals surface area contributed by atoms with Crippen molar-refractivity contribution in [1.29, 1.82) is 5.26 Å². The van der Waals surface area contributed by atoms with E-state index in [1.54, 1.807) is 24.3 Å². The first-order valence-corrected chi connectivity index (χ1v) is 7.82. The van der Waals surface area contributed by atoms with Crippen LogP contribution in [0.3, 0.4) is 0 Å². The highest BCUT2D eigenvalue weighted by atomic mass is 16.6. The van der Waals surface area contributed by atoms with Gasteiger partial charge in [0.2, 0.25) is 5.89 Å². The van der Waals surface area contributed by atoms with Crippen molar-refractivity contribution in [3.05, 3.63) is 65.5 Å². The van der Waals surface area contributed by atoms with Gasteiger partial charge >= 0.3 is 5.97 Å². The normalized spacial score (nSPS) is 10.2. The summed E-state index contributed by atoms with van der Waals surface area (Å²) in [6.45, 7) is 1.49. The number of hydrogen-bond acceptors (Lipinski definition) is 7. The lowest BCUT2D eigenvalue weighted by molar-refractivity contribution is -0.148. The minimum Gasteiger partial charge on any atom is -0.481 e. The molecule has 0 atom stereocenters. The van der Waals surface area contributed by atoms with Gasteiger partial charge in [-0.25, -0.2) is 4.79 Å². The van der Waals surface area contributed by atoms with Gasteiger partial charge in [-0.2, -0.15) is 5.26 Å². The summed E-state index contributed by atoms with van der Waals surface area (Å²) in [5.74, 6) is 0.269. The quantitative estimate of drug-likeness (QED) is 0.631. The Morgan fingerprint density at radius 3 is 2.85 bits per heavy atom. The number of carbonyl (C=O) groups is 1. The van der Waals surface area contributed by atoms with Gasteiger partial charge in [0, 0.05) is 5.56 Å². The van der Waals surface area contributed by atoms with Crippen LogP contribution >= 0.6 is 0 Å². The number of carbonyl (C=O) groups excluding carboxylic acids is 1. The van der Waals surface area contributed by atoms with Crippen LogP contribution < -0.4 is 4.74 Å². The Hall–Kier alpha value is -3.66. The number of aryl methyl sites for hydroxylation is 1. The molecular weight excluding hydrogens is 334 g/mol.